The molecule has 3 heterocycles. The van der Waals surface area contributed by atoms with Crippen LogP contribution < -0.4 is 9.80 Å². The molecule has 7 nitrogen and oxygen atoms in total. The fourth-order valence-electron chi connectivity index (χ4n) is 4.12. The minimum atomic E-state index is -3.76. The Balaban J connectivity index is 1.43. The second kappa shape index (κ2) is 9.04. The van der Waals surface area contributed by atoms with E-state index in [9.17, 15) is 17.2 Å². The van der Waals surface area contributed by atoms with Crippen LogP contribution in [-0.4, -0.2) is 62.0 Å². The first kappa shape index (κ1) is 21.9. The van der Waals surface area contributed by atoms with Crippen LogP contribution in [0.2, 0.25) is 0 Å². The molecule has 0 amide bonds. The normalized spacial score (nSPS) is 18.4. The molecule has 1 aromatic heterocycles. The van der Waals surface area contributed by atoms with Crippen LogP contribution in [0.1, 0.15) is 30.7 Å². The van der Waals surface area contributed by atoms with Gasteiger partial charge in [0.05, 0.1) is 5.75 Å². The molecule has 2 fully saturated rings. The van der Waals surface area contributed by atoms with Gasteiger partial charge < -0.3 is 9.80 Å². The van der Waals surface area contributed by atoms with Crippen molar-refractivity contribution in [1.82, 2.24) is 14.3 Å². The third kappa shape index (κ3) is 5.12. The summed E-state index contributed by atoms with van der Waals surface area (Å²) < 4.78 is 54.2. The van der Waals surface area contributed by atoms with Gasteiger partial charge in [-0.1, -0.05) is 0 Å². The second-order valence-corrected chi connectivity index (χ2v) is 10.0. The van der Waals surface area contributed by atoms with E-state index in [0.717, 1.165) is 55.8 Å². The van der Waals surface area contributed by atoms with E-state index in [4.69, 9.17) is 0 Å². The maximum atomic E-state index is 13.9. The molecule has 0 N–H and O–H groups in total. The van der Waals surface area contributed by atoms with E-state index in [1.807, 2.05) is 13.0 Å². The Hall–Kier alpha value is -2.33. The highest BCUT2D eigenvalue weighted by Gasteiger charge is 2.29. The van der Waals surface area contributed by atoms with Gasteiger partial charge in [0.2, 0.25) is 10.0 Å². The van der Waals surface area contributed by atoms with Gasteiger partial charge in [-0.3, -0.25) is 0 Å². The first-order chi connectivity index (χ1) is 14.8. The van der Waals surface area contributed by atoms with E-state index in [1.165, 1.54) is 10.7 Å². The molecule has 0 aliphatic carbocycles. The first-order valence-electron chi connectivity index (χ1n) is 10.6. The summed E-state index contributed by atoms with van der Waals surface area (Å²) >= 11 is 0. The average molecular weight is 452 g/mol. The Kier molecular flexibility index (Phi) is 6.38. The van der Waals surface area contributed by atoms with Crippen molar-refractivity contribution in [2.45, 2.75) is 31.9 Å². The molecular weight excluding hydrogens is 424 g/mol. The molecule has 2 aromatic rings. The number of nitrogens with zero attached hydrogens (tertiary/aromatic N) is 5. The zero-order chi connectivity index (χ0) is 22.0. The summed E-state index contributed by atoms with van der Waals surface area (Å²) in [4.78, 5) is 13.5. The lowest BCUT2D eigenvalue weighted by Gasteiger charge is -2.35. The number of anilines is 2. The number of rotatable bonds is 5. The molecule has 2 aliphatic heterocycles. The van der Waals surface area contributed by atoms with Crippen molar-refractivity contribution >= 4 is 21.7 Å². The zero-order valence-corrected chi connectivity index (χ0v) is 18.4. The molecule has 0 atom stereocenters. The number of piperidine rings is 1. The summed E-state index contributed by atoms with van der Waals surface area (Å²) in [7, 11) is -3.76. The minimum absolute atomic E-state index is 0.153. The van der Waals surface area contributed by atoms with E-state index in [0.29, 0.717) is 18.9 Å². The number of hydrogen-bond donors (Lipinski definition) is 0. The van der Waals surface area contributed by atoms with Crippen LogP contribution in [0.5, 0.6) is 0 Å². The van der Waals surface area contributed by atoms with Gasteiger partial charge in [-0.15, -0.1) is 0 Å². The zero-order valence-electron chi connectivity index (χ0n) is 17.6. The highest BCUT2D eigenvalue weighted by Crippen LogP contribution is 2.24. The Morgan fingerprint density at radius 1 is 0.871 bits per heavy atom. The SMILES string of the molecule is Cc1nc(N2CCCCC2)cc(N2CCN(S(=O)(=O)Cc3cc(F)ccc3F)CC2)n1. The van der Waals surface area contributed by atoms with Crippen LogP contribution in [0.3, 0.4) is 0 Å². The van der Waals surface area contributed by atoms with Gasteiger partial charge in [0.1, 0.15) is 29.1 Å². The Morgan fingerprint density at radius 3 is 2.13 bits per heavy atom. The number of aromatic nitrogens is 2. The molecule has 4 rings (SSSR count). The Labute approximate surface area is 181 Å². The molecule has 0 unspecified atom stereocenters. The second-order valence-electron chi connectivity index (χ2n) is 8.06. The van der Waals surface area contributed by atoms with E-state index < -0.39 is 27.4 Å². The van der Waals surface area contributed by atoms with Crippen LogP contribution >= 0.6 is 0 Å². The predicted molar refractivity (Wildman–Crippen MR) is 116 cm³/mol. The molecule has 0 radical (unpaired) electrons. The van der Waals surface area contributed by atoms with Gasteiger partial charge in [0.15, 0.2) is 0 Å². The van der Waals surface area contributed by atoms with Gasteiger partial charge in [0, 0.05) is 50.9 Å². The third-order valence-electron chi connectivity index (χ3n) is 5.79. The summed E-state index contributed by atoms with van der Waals surface area (Å²) in [5.41, 5.74) is -0.153. The largest absolute Gasteiger partial charge is 0.356 e. The molecule has 10 heteroatoms. The van der Waals surface area contributed by atoms with Crippen LogP contribution in [-0.2, 0) is 15.8 Å². The number of sulfonamides is 1. The summed E-state index contributed by atoms with van der Waals surface area (Å²) in [5.74, 6) is 0.475. The Bertz CT molecular complexity index is 1040. The topological polar surface area (TPSA) is 69.6 Å². The van der Waals surface area contributed by atoms with Crippen molar-refractivity contribution in [3.8, 4) is 0 Å². The van der Waals surface area contributed by atoms with Gasteiger partial charge >= 0.3 is 0 Å². The van der Waals surface area contributed by atoms with Gasteiger partial charge in [-0.2, -0.15) is 4.31 Å². The molecule has 168 valence electrons. The Morgan fingerprint density at radius 2 is 1.48 bits per heavy atom. The number of aryl methyl sites for hydroxylation is 1. The lowest BCUT2D eigenvalue weighted by molar-refractivity contribution is 0.382. The quantitative estimate of drug-likeness (QED) is 0.696. The van der Waals surface area contributed by atoms with Crippen LogP contribution in [0, 0.1) is 18.6 Å². The summed E-state index contributed by atoms with van der Waals surface area (Å²) in [6, 6.07) is 4.85. The average Bonchev–Trinajstić information content (AvgIpc) is 2.76. The van der Waals surface area contributed by atoms with Gasteiger partial charge in [0.25, 0.3) is 0 Å². The highest BCUT2D eigenvalue weighted by atomic mass is 32.2. The molecule has 2 aliphatic rings. The molecule has 2 saturated heterocycles. The standard InChI is InChI=1S/C21H27F2N5O2S/c1-16-24-20(26-7-3-2-4-8-26)14-21(25-16)27-9-11-28(12-10-27)31(29,30)15-17-13-18(22)5-6-19(17)23/h5-6,13-14H,2-4,7-12,15H2,1H3. The summed E-state index contributed by atoms with van der Waals surface area (Å²) in [6.07, 6.45) is 3.55. The highest BCUT2D eigenvalue weighted by molar-refractivity contribution is 7.88. The maximum absolute atomic E-state index is 13.9. The molecule has 31 heavy (non-hydrogen) atoms. The summed E-state index contributed by atoms with van der Waals surface area (Å²) in [5, 5.41) is 0. The van der Waals surface area contributed by atoms with Crippen LogP contribution in [0.15, 0.2) is 24.3 Å². The molecule has 0 bridgehead atoms. The molecule has 1 aromatic carbocycles. The third-order valence-corrected chi connectivity index (χ3v) is 7.62. The van der Waals surface area contributed by atoms with Gasteiger partial charge in [-0.25, -0.2) is 27.2 Å². The van der Waals surface area contributed by atoms with Crippen molar-refractivity contribution in [3.05, 3.63) is 47.3 Å². The van der Waals surface area contributed by atoms with Crippen molar-refractivity contribution in [2.24, 2.45) is 0 Å². The van der Waals surface area contributed by atoms with Crippen molar-refractivity contribution in [2.75, 3.05) is 49.1 Å². The molecule has 0 saturated carbocycles. The molecular formula is C21H27F2N5O2S. The minimum Gasteiger partial charge on any atom is -0.356 e. The van der Waals surface area contributed by atoms with Gasteiger partial charge in [-0.05, 0) is 44.4 Å². The predicted octanol–water partition coefficient (Wildman–Crippen LogP) is 2.71. The number of hydrogen-bond acceptors (Lipinski definition) is 6. The first-order valence-corrected chi connectivity index (χ1v) is 12.2. The maximum Gasteiger partial charge on any atom is 0.218 e. The van der Waals surface area contributed by atoms with Crippen LogP contribution in [0.4, 0.5) is 20.4 Å². The van der Waals surface area contributed by atoms with Crippen molar-refractivity contribution in [1.29, 1.82) is 0 Å². The van der Waals surface area contributed by atoms with Crippen LogP contribution in [0.25, 0.3) is 0 Å². The number of benzene rings is 1. The smallest absolute Gasteiger partial charge is 0.218 e. The monoisotopic (exact) mass is 451 g/mol. The number of piperazine rings is 1. The summed E-state index contributed by atoms with van der Waals surface area (Å²) in [6.45, 7) is 5.31. The molecule has 0 spiro atoms. The fraction of sp³-hybridized carbons (Fsp3) is 0.524. The van der Waals surface area contributed by atoms with Crippen molar-refractivity contribution in [3.63, 3.8) is 0 Å². The van der Waals surface area contributed by atoms with E-state index in [1.54, 1.807) is 0 Å². The van der Waals surface area contributed by atoms with E-state index >= 15 is 0 Å². The lowest BCUT2D eigenvalue weighted by Crippen LogP contribution is -2.49. The fourth-order valence-corrected chi connectivity index (χ4v) is 5.64. The lowest BCUT2D eigenvalue weighted by atomic mass is 10.1. The van der Waals surface area contributed by atoms with E-state index in [-0.39, 0.29) is 18.7 Å². The van der Waals surface area contributed by atoms with Crippen molar-refractivity contribution < 1.29 is 17.2 Å². The number of halogens is 2. The van der Waals surface area contributed by atoms with E-state index in [2.05, 4.69) is 19.8 Å².